The standard InChI is InChI=1S/C12H13F6N3O/c13-11(14,15)5-6-20-10(19)21-7-8-1-3-9(4-2-8)22-12(16,17)18/h1-4H,5-7H2,(H3,19,20,21). The van der Waals surface area contributed by atoms with Crippen LogP contribution in [0.5, 0.6) is 5.75 Å². The molecule has 0 amide bonds. The van der Waals surface area contributed by atoms with Crippen molar-refractivity contribution in [3.05, 3.63) is 29.8 Å². The predicted molar refractivity (Wildman–Crippen MR) is 67.1 cm³/mol. The van der Waals surface area contributed by atoms with Crippen molar-refractivity contribution < 1.29 is 31.1 Å². The van der Waals surface area contributed by atoms with Gasteiger partial charge in [0.2, 0.25) is 0 Å². The molecule has 0 atom stereocenters. The van der Waals surface area contributed by atoms with Crippen molar-refractivity contribution in [1.82, 2.24) is 5.32 Å². The number of nitrogens with two attached hydrogens (primary N) is 1. The molecule has 10 heteroatoms. The summed E-state index contributed by atoms with van der Waals surface area (Å²) in [5.74, 6) is -0.559. The molecule has 0 spiro atoms. The third-order valence-electron chi connectivity index (χ3n) is 2.30. The molecule has 0 heterocycles. The van der Waals surface area contributed by atoms with Crippen molar-refractivity contribution in [2.24, 2.45) is 10.7 Å². The molecule has 1 rings (SSSR count). The Hall–Kier alpha value is -2.13. The quantitative estimate of drug-likeness (QED) is 0.496. The lowest BCUT2D eigenvalue weighted by atomic mass is 10.2. The Balaban J connectivity index is 2.45. The molecule has 0 aliphatic rings. The first-order valence-corrected chi connectivity index (χ1v) is 6.00. The maximum atomic E-state index is 11.9. The third-order valence-corrected chi connectivity index (χ3v) is 2.30. The van der Waals surface area contributed by atoms with Crippen LogP contribution in [-0.4, -0.2) is 25.0 Å². The van der Waals surface area contributed by atoms with E-state index in [0.717, 1.165) is 12.1 Å². The molecule has 0 aromatic heterocycles. The minimum atomic E-state index is -4.77. The molecule has 0 fully saturated rings. The van der Waals surface area contributed by atoms with Crippen molar-refractivity contribution in [3.63, 3.8) is 0 Å². The van der Waals surface area contributed by atoms with Gasteiger partial charge in [0.1, 0.15) is 5.75 Å². The first kappa shape index (κ1) is 17.9. The number of aliphatic imine (C=N–C) groups is 1. The van der Waals surface area contributed by atoms with Crippen molar-refractivity contribution in [2.75, 3.05) is 6.54 Å². The molecule has 3 N–H and O–H groups in total. The average molecular weight is 329 g/mol. The van der Waals surface area contributed by atoms with Gasteiger partial charge in [0, 0.05) is 6.54 Å². The Morgan fingerprint density at radius 1 is 1.09 bits per heavy atom. The minimum Gasteiger partial charge on any atom is -0.406 e. The largest absolute Gasteiger partial charge is 0.573 e. The molecule has 1 aromatic rings. The smallest absolute Gasteiger partial charge is 0.406 e. The fourth-order valence-corrected chi connectivity index (χ4v) is 1.36. The zero-order valence-electron chi connectivity index (χ0n) is 11.1. The lowest BCUT2D eigenvalue weighted by molar-refractivity contribution is -0.274. The van der Waals surface area contributed by atoms with Gasteiger partial charge in [-0.2, -0.15) is 13.2 Å². The third kappa shape index (κ3) is 8.22. The molecule has 0 saturated heterocycles. The Morgan fingerprint density at radius 3 is 2.18 bits per heavy atom. The van der Waals surface area contributed by atoms with Gasteiger partial charge in [-0.1, -0.05) is 12.1 Å². The number of hydrogen-bond donors (Lipinski definition) is 2. The lowest BCUT2D eigenvalue weighted by Crippen LogP contribution is -2.34. The zero-order chi connectivity index (χ0) is 16.8. The van der Waals surface area contributed by atoms with Gasteiger partial charge < -0.3 is 15.8 Å². The normalized spacial score (nSPS) is 13.1. The Morgan fingerprint density at radius 2 is 1.68 bits per heavy atom. The van der Waals surface area contributed by atoms with E-state index >= 15 is 0 Å². The van der Waals surface area contributed by atoms with Crippen LogP contribution >= 0.6 is 0 Å². The van der Waals surface area contributed by atoms with Gasteiger partial charge in [0.25, 0.3) is 0 Å². The average Bonchev–Trinajstić information content (AvgIpc) is 2.34. The summed E-state index contributed by atoms with van der Waals surface area (Å²) < 4.78 is 75.2. The number of benzene rings is 1. The van der Waals surface area contributed by atoms with Crippen molar-refractivity contribution in [1.29, 1.82) is 0 Å². The number of hydrogen-bond acceptors (Lipinski definition) is 2. The highest BCUT2D eigenvalue weighted by molar-refractivity contribution is 5.77. The maximum Gasteiger partial charge on any atom is 0.573 e. The predicted octanol–water partition coefficient (Wildman–Crippen LogP) is 2.94. The molecule has 4 nitrogen and oxygen atoms in total. The summed E-state index contributed by atoms with van der Waals surface area (Å²) in [4.78, 5) is 3.77. The molecular formula is C12H13F6N3O. The van der Waals surface area contributed by atoms with Gasteiger partial charge in [-0.05, 0) is 17.7 Å². The van der Waals surface area contributed by atoms with E-state index in [0.29, 0.717) is 5.56 Å². The number of halogens is 6. The van der Waals surface area contributed by atoms with Gasteiger partial charge in [-0.3, -0.25) is 0 Å². The summed E-state index contributed by atoms with van der Waals surface area (Å²) in [6, 6.07) is 4.89. The summed E-state index contributed by atoms with van der Waals surface area (Å²) in [6.45, 7) is -0.395. The highest BCUT2D eigenvalue weighted by atomic mass is 19.4. The second-order valence-electron chi connectivity index (χ2n) is 4.19. The molecule has 0 aliphatic heterocycles. The Kier molecular flexibility index (Phi) is 5.89. The zero-order valence-corrected chi connectivity index (χ0v) is 11.1. The second-order valence-corrected chi connectivity index (χ2v) is 4.19. The summed E-state index contributed by atoms with van der Waals surface area (Å²) in [7, 11) is 0. The number of nitrogens with zero attached hydrogens (tertiary/aromatic N) is 1. The number of nitrogens with one attached hydrogen (secondary N) is 1. The second kappa shape index (κ2) is 7.23. The van der Waals surface area contributed by atoms with Crippen LogP contribution in [-0.2, 0) is 6.54 Å². The molecule has 22 heavy (non-hydrogen) atoms. The molecule has 0 bridgehead atoms. The number of alkyl halides is 6. The Bertz CT molecular complexity index is 495. The lowest BCUT2D eigenvalue weighted by Gasteiger charge is -2.09. The molecule has 0 unspecified atom stereocenters. The van der Waals surface area contributed by atoms with E-state index in [1.807, 2.05) is 0 Å². The number of guanidine groups is 1. The van der Waals surface area contributed by atoms with E-state index in [-0.39, 0.29) is 18.3 Å². The molecule has 0 saturated carbocycles. The van der Waals surface area contributed by atoms with Crippen LogP contribution in [0.4, 0.5) is 26.3 Å². The topological polar surface area (TPSA) is 59.6 Å². The van der Waals surface area contributed by atoms with E-state index in [1.165, 1.54) is 12.1 Å². The highest BCUT2D eigenvalue weighted by Gasteiger charge is 2.30. The van der Waals surface area contributed by atoms with Gasteiger partial charge in [0.15, 0.2) is 5.96 Å². The molecule has 124 valence electrons. The van der Waals surface area contributed by atoms with Crippen molar-refractivity contribution >= 4 is 5.96 Å². The Labute approximate surface area is 122 Å². The fourth-order valence-electron chi connectivity index (χ4n) is 1.36. The van der Waals surface area contributed by atoms with Crippen molar-refractivity contribution in [3.8, 4) is 5.75 Å². The maximum absolute atomic E-state index is 11.9. The first-order valence-electron chi connectivity index (χ1n) is 6.00. The highest BCUT2D eigenvalue weighted by Crippen LogP contribution is 2.22. The molecule has 1 aromatic carbocycles. The SMILES string of the molecule is NC(=NCc1ccc(OC(F)(F)F)cc1)NCCC(F)(F)F. The summed E-state index contributed by atoms with van der Waals surface area (Å²) in [5, 5.41) is 2.29. The summed E-state index contributed by atoms with van der Waals surface area (Å²) >= 11 is 0. The van der Waals surface area contributed by atoms with E-state index in [4.69, 9.17) is 5.73 Å². The van der Waals surface area contributed by atoms with Crippen LogP contribution in [0.1, 0.15) is 12.0 Å². The molecule has 0 aliphatic carbocycles. The van der Waals surface area contributed by atoms with Crippen LogP contribution in [0.15, 0.2) is 29.3 Å². The van der Waals surface area contributed by atoms with Crippen LogP contribution in [0.25, 0.3) is 0 Å². The monoisotopic (exact) mass is 329 g/mol. The molecular weight excluding hydrogens is 316 g/mol. The van der Waals surface area contributed by atoms with Gasteiger partial charge in [0.05, 0.1) is 13.0 Å². The van der Waals surface area contributed by atoms with E-state index in [1.54, 1.807) is 0 Å². The van der Waals surface area contributed by atoms with Gasteiger partial charge >= 0.3 is 12.5 Å². The van der Waals surface area contributed by atoms with Crippen LogP contribution < -0.4 is 15.8 Å². The number of ether oxygens (including phenoxy) is 1. The minimum absolute atomic E-state index is 0.0111. The van der Waals surface area contributed by atoms with E-state index in [9.17, 15) is 26.3 Å². The van der Waals surface area contributed by atoms with Crippen LogP contribution in [0, 0.1) is 0 Å². The van der Waals surface area contributed by atoms with Crippen molar-refractivity contribution in [2.45, 2.75) is 25.5 Å². The summed E-state index contributed by atoms with van der Waals surface area (Å²) in [5.41, 5.74) is 5.89. The van der Waals surface area contributed by atoms with Crippen LogP contribution in [0.2, 0.25) is 0 Å². The van der Waals surface area contributed by atoms with Gasteiger partial charge in [-0.15, -0.1) is 13.2 Å². The van der Waals surface area contributed by atoms with Crippen LogP contribution in [0.3, 0.4) is 0 Å². The van der Waals surface area contributed by atoms with E-state index < -0.39 is 25.5 Å². The fraction of sp³-hybridized carbons (Fsp3) is 0.417. The van der Waals surface area contributed by atoms with Gasteiger partial charge in [-0.25, -0.2) is 4.99 Å². The number of rotatable bonds is 5. The van der Waals surface area contributed by atoms with E-state index in [2.05, 4.69) is 15.0 Å². The summed E-state index contributed by atoms with van der Waals surface area (Å²) in [6.07, 6.45) is -10.1. The molecule has 0 radical (unpaired) electrons. The first-order chi connectivity index (χ1) is 10.1.